The van der Waals surface area contributed by atoms with E-state index in [1.807, 2.05) is 82.2 Å². The molecule has 0 aliphatic carbocycles. The van der Waals surface area contributed by atoms with E-state index in [0.29, 0.717) is 5.56 Å². The molecule has 3 rings (SSSR count). The van der Waals surface area contributed by atoms with E-state index in [1.54, 1.807) is 0 Å². The van der Waals surface area contributed by atoms with Crippen LogP contribution in [0.15, 0.2) is 48.8 Å². The second-order valence-corrected chi connectivity index (χ2v) is 6.52. The number of pyridine rings is 2. The first kappa shape index (κ1) is 12.9. The summed E-state index contributed by atoms with van der Waals surface area (Å²) in [4.78, 5) is 0. The van der Waals surface area contributed by atoms with Crippen molar-refractivity contribution in [2.75, 3.05) is 0 Å². The lowest BCUT2D eigenvalue weighted by molar-refractivity contribution is -0.660. The van der Waals surface area contributed by atoms with E-state index < -0.39 is 6.85 Å². The summed E-state index contributed by atoms with van der Waals surface area (Å²) in [5, 5.41) is 0. The lowest BCUT2D eigenvalue weighted by Gasteiger charge is -2.15. The van der Waals surface area contributed by atoms with Crippen molar-refractivity contribution >= 4 is 0 Å². The zero-order chi connectivity index (χ0) is 19.9. The number of aromatic nitrogens is 2. The molecule has 3 aromatic rings. The van der Waals surface area contributed by atoms with Gasteiger partial charge in [0.2, 0.25) is 11.4 Å². The number of rotatable bonds is 2. The fraction of sp³-hybridized carbons (Fsp3) is 0.273. The molecule has 0 unspecified atom stereocenters. The molecular formula is C22H26N2+2. The first-order valence-corrected chi connectivity index (χ1v) is 8.17. The maximum Gasteiger partial charge on any atom is 0.212 e. The van der Waals surface area contributed by atoms with Gasteiger partial charge in [-0.2, -0.15) is 0 Å². The van der Waals surface area contributed by atoms with Crippen LogP contribution in [0.4, 0.5) is 0 Å². The summed E-state index contributed by atoms with van der Waals surface area (Å²) in [6.07, 6.45) is 4.04. The third kappa shape index (κ3) is 2.73. The minimum atomic E-state index is -2.18. The molecule has 0 spiro atoms. The fourth-order valence-corrected chi connectivity index (χ4v) is 3.50. The Morgan fingerprint density at radius 1 is 0.833 bits per heavy atom. The minimum Gasteiger partial charge on any atom is -0.201 e. The number of hydrogen-bond acceptors (Lipinski definition) is 0. The third-order valence-corrected chi connectivity index (χ3v) is 4.62. The molecule has 2 heteroatoms. The average Bonchev–Trinajstić information content (AvgIpc) is 2.56. The van der Waals surface area contributed by atoms with Crippen LogP contribution in [0.25, 0.3) is 22.5 Å². The van der Waals surface area contributed by atoms with E-state index in [1.165, 1.54) is 0 Å². The number of aryl methyl sites for hydroxylation is 5. The molecule has 0 saturated heterocycles. The van der Waals surface area contributed by atoms with Gasteiger partial charge in [-0.3, -0.25) is 0 Å². The van der Waals surface area contributed by atoms with Gasteiger partial charge in [-0.05, 0) is 56.4 Å². The summed E-state index contributed by atoms with van der Waals surface area (Å²) < 4.78 is 28.4. The topological polar surface area (TPSA) is 7.76 Å². The second kappa shape index (κ2) is 6.20. The Balaban J connectivity index is 2.43. The summed E-state index contributed by atoms with van der Waals surface area (Å²) in [6.45, 7) is 3.87. The zero-order valence-corrected chi connectivity index (χ0v) is 15.0. The molecule has 24 heavy (non-hydrogen) atoms. The molecular weight excluding hydrogens is 292 g/mol. The van der Waals surface area contributed by atoms with Gasteiger partial charge in [0.05, 0.1) is 11.1 Å². The molecule has 2 heterocycles. The van der Waals surface area contributed by atoms with Gasteiger partial charge in [-0.15, -0.1) is 0 Å². The van der Waals surface area contributed by atoms with Gasteiger partial charge >= 0.3 is 0 Å². The van der Waals surface area contributed by atoms with Crippen molar-refractivity contribution in [3.8, 4) is 22.5 Å². The summed E-state index contributed by atoms with van der Waals surface area (Å²) in [5.74, 6) is 0. The maximum atomic E-state index is 8.11. The van der Waals surface area contributed by atoms with E-state index in [4.69, 9.17) is 4.11 Å². The lowest BCUT2D eigenvalue weighted by Crippen LogP contribution is -2.32. The SMILES string of the molecule is [2H]C([2H])([2H])c1cc(C)c(-c2cccc[n+]2C)c(C)c1-c1ccc(C)c[n+]1C. The van der Waals surface area contributed by atoms with Crippen molar-refractivity contribution in [2.45, 2.75) is 27.6 Å². The molecule has 0 aliphatic heterocycles. The molecule has 0 aliphatic rings. The Morgan fingerprint density at radius 2 is 1.54 bits per heavy atom. The minimum absolute atomic E-state index is 0.402. The molecule has 0 bridgehead atoms. The first-order valence-electron chi connectivity index (χ1n) is 9.67. The van der Waals surface area contributed by atoms with Crippen LogP contribution in [0.3, 0.4) is 0 Å². The Hall–Kier alpha value is -2.48. The molecule has 0 radical (unpaired) electrons. The van der Waals surface area contributed by atoms with Gasteiger partial charge in [0.15, 0.2) is 12.4 Å². The van der Waals surface area contributed by atoms with Crippen LogP contribution in [0.2, 0.25) is 0 Å². The standard InChI is InChI=1S/C22H26N2/c1-15-10-11-20(24(6)14-15)22-17(3)13-16(2)21(18(22)4)19-9-7-8-12-23(19)5/h7-14H,1-6H3/q+2/i3D3. The van der Waals surface area contributed by atoms with Gasteiger partial charge in [0, 0.05) is 27.9 Å². The maximum absolute atomic E-state index is 8.11. The molecule has 0 amide bonds. The highest BCUT2D eigenvalue weighted by molar-refractivity contribution is 5.78. The van der Waals surface area contributed by atoms with Gasteiger partial charge in [-0.25, -0.2) is 9.13 Å². The molecule has 0 atom stereocenters. The van der Waals surface area contributed by atoms with Crippen molar-refractivity contribution in [3.63, 3.8) is 0 Å². The summed E-state index contributed by atoms with van der Waals surface area (Å²) in [7, 11) is 3.98. The Morgan fingerprint density at radius 3 is 2.21 bits per heavy atom. The number of nitrogens with zero attached hydrogens (tertiary/aromatic N) is 2. The van der Waals surface area contributed by atoms with E-state index in [-0.39, 0.29) is 0 Å². The lowest BCUT2D eigenvalue weighted by atomic mass is 9.89. The van der Waals surface area contributed by atoms with Crippen molar-refractivity contribution in [1.82, 2.24) is 0 Å². The zero-order valence-electron chi connectivity index (χ0n) is 18.0. The quantitative estimate of drug-likeness (QED) is 0.632. The van der Waals surface area contributed by atoms with Crippen molar-refractivity contribution in [2.24, 2.45) is 14.1 Å². The Kier molecular flexibility index (Phi) is 3.33. The highest BCUT2D eigenvalue weighted by Gasteiger charge is 2.22. The molecule has 0 saturated carbocycles. The predicted molar refractivity (Wildman–Crippen MR) is 98.6 cm³/mol. The van der Waals surface area contributed by atoms with E-state index in [2.05, 4.69) is 10.6 Å². The van der Waals surface area contributed by atoms with Gasteiger partial charge in [0.25, 0.3) is 0 Å². The number of hydrogen-bond donors (Lipinski definition) is 0. The molecule has 1 aromatic carbocycles. The Bertz CT molecular complexity index is 1020. The molecule has 0 N–H and O–H groups in total. The third-order valence-electron chi connectivity index (χ3n) is 4.62. The van der Waals surface area contributed by atoms with Crippen LogP contribution in [-0.4, -0.2) is 0 Å². The van der Waals surface area contributed by atoms with Gasteiger partial charge in [-0.1, -0.05) is 6.07 Å². The van der Waals surface area contributed by atoms with E-state index in [9.17, 15) is 0 Å². The largest absolute Gasteiger partial charge is 0.212 e. The van der Waals surface area contributed by atoms with Gasteiger partial charge in [0.1, 0.15) is 14.1 Å². The molecule has 2 nitrogen and oxygen atoms in total. The van der Waals surface area contributed by atoms with Crippen molar-refractivity contribution < 1.29 is 13.2 Å². The highest BCUT2D eigenvalue weighted by atomic mass is 14.9. The van der Waals surface area contributed by atoms with Crippen LogP contribution >= 0.6 is 0 Å². The second-order valence-electron chi connectivity index (χ2n) is 6.52. The molecule has 122 valence electrons. The highest BCUT2D eigenvalue weighted by Crippen LogP contribution is 2.34. The first-order chi connectivity index (χ1) is 12.6. The number of benzene rings is 1. The molecule has 2 aromatic heterocycles. The van der Waals surface area contributed by atoms with E-state index >= 15 is 0 Å². The van der Waals surface area contributed by atoms with Crippen LogP contribution in [-0.2, 0) is 14.1 Å². The average molecular weight is 321 g/mol. The van der Waals surface area contributed by atoms with Crippen LogP contribution in [0.1, 0.15) is 26.4 Å². The van der Waals surface area contributed by atoms with Crippen LogP contribution < -0.4 is 9.13 Å². The monoisotopic (exact) mass is 321 g/mol. The smallest absolute Gasteiger partial charge is 0.201 e. The van der Waals surface area contributed by atoms with Crippen LogP contribution in [0, 0.1) is 27.6 Å². The Labute approximate surface area is 149 Å². The van der Waals surface area contributed by atoms with Gasteiger partial charge < -0.3 is 0 Å². The summed E-state index contributed by atoms with van der Waals surface area (Å²) >= 11 is 0. The van der Waals surface area contributed by atoms with E-state index in [0.717, 1.165) is 39.2 Å². The fourth-order valence-electron chi connectivity index (χ4n) is 3.50. The van der Waals surface area contributed by atoms with Crippen LogP contribution in [0.5, 0.6) is 0 Å². The normalized spacial score (nSPS) is 13.3. The predicted octanol–water partition coefficient (Wildman–Crippen LogP) is 3.90. The van der Waals surface area contributed by atoms with Crippen molar-refractivity contribution in [1.29, 1.82) is 0 Å². The van der Waals surface area contributed by atoms with Crippen molar-refractivity contribution in [3.05, 3.63) is 71.0 Å². The molecule has 0 fully saturated rings. The summed E-state index contributed by atoms with van der Waals surface area (Å²) in [5.41, 5.74) is 7.35. The summed E-state index contributed by atoms with van der Waals surface area (Å²) in [6, 6.07) is 11.9.